The maximum Gasteiger partial charge on any atom is 0.249 e. The number of hydrogen-bond acceptors (Lipinski definition) is 10. The van der Waals surface area contributed by atoms with Gasteiger partial charge >= 0.3 is 0 Å². The zero-order valence-corrected chi connectivity index (χ0v) is 48.1. The molecule has 74 heavy (non-hydrogen) atoms. The van der Waals surface area contributed by atoms with Crippen LogP contribution in [0.25, 0.3) is 0 Å². The van der Waals surface area contributed by atoms with E-state index in [1.54, 1.807) is 0 Å². The molecular formula is C63H121NO10. The van der Waals surface area contributed by atoms with Crippen LogP contribution in [0.2, 0.25) is 0 Å². The Balaban J connectivity index is 2.21. The molecule has 8 N–H and O–H groups in total. The number of carbonyl (C=O) groups excluding carboxylic acids is 1. The number of hydrogen-bond donors (Lipinski definition) is 8. The highest BCUT2D eigenvalue weighted by Gasteiger charge is 2.44. The lowest BCUT2D eigenvalue weighted by Gasteiger charge is -2.40. The van der Waals surface area contributed by atoms with Crippen LogP contribution in [-0.4, -0.2) is 110 Å². The minimum Gasteiger partial charge on any atom is -0.394 e. The van der Waals surface area contributed by atoms with E-state index in [1.165, 1.54) is 218 Å². The molecule has 9 atom stereocenters. The molecule has 0 radical (unpaired) electrons. The molecule has 1 amide bonds. The van der Waals surface area contributed by atoms with Crippen LogP contribution in [0.5, 0.6) is 0 Å². The Bertz CT molecular complexity index is 1250. The molecule has 11 nitrogen and oxygen atoms in total. The molecule has 0 aromatic rings. The van der Waals surface area contributed by atoms with Crippen molar-refractivity contribution in [3.63, 3.8) is 0 Å². The molecule has 0 aliphatic carbocycles. The molecule has 1 fully saturated rings. The van der Waals surface area contributed by atoms with Gasteiger partial charge in [-0.25, -0.2) is 0 Å². The number of aliphatic hydroxyl groups is 7. The summed E-state index contributed by atoms with van der Waals surface area (Å²) in [4.78, 5) is 13.2. The third-order valence-corrected chi connectivity index (χ3v) is 15.5. The average Bonchev–Trinajstić information content (AvgIpc) is 3.40. The van der Waals surface area contributed by atoms with E-state index in [0.29, 0.717) is 19.3 Å². The van der Waals surface area contributed by atoms with Crippen LogP contribution in [-0.2, 0) is 14.3 Å². The van der Waals surface area contributed by atoms with Crippen LogP contribution in [0.15, 0.2) is 24.3 Å². The molecular weight excluding hydrogens is 931 g/mol. The minimum absolute atomic E-state index is 0.249. The van der Waals surface area contributed by atoms with Crippen molar-refractivity contribution in [2.45, 2.75) is 358 Å². The monoisotopic (exact) mass is 1050 g/mol. The molecule has 1 aliphatic heterocycles. The normalized spacial score (nSPS) is 19.9. The van der Waals surface area contributed by atoms with Gasteiger partial charge < -0.3 is 50.5 Å². The number of rotatable bonds is 55. The summed E-state index contributed by atoms with van der Waals surface area (Å²) in [5, 5.41) is 76.1. The van der Waals surface area contributed by atoms with Gasteiger partial charge in [0.25, 0.3) is 0 Å². The van der Waals surface area contributed by atoms with Crippen molar-refractivity contribution in [3.05, 3.63) is 24.3 Å². The first-order valence-corrected chi connectivity index (χ1v) is 31.7. The van der Waals surface area contributed by atoms with Crippen molar-refractivity contribution in [3.8, 4) is 0 Å². The van der Waals surface area contributed by atoms with Crippen LogP contribution in [0.4, 0.5) is 0 Å². The molecule has 0 aromatic heterocycles. The molecule has 0 saturated carbocycles. The topological polar surface area (TPSA) is 189 Å². The van der Waals surface area contributed by atoms with Gasteiger partial charge in [0.05, 0.1) is 25.4 Å². The zero-order valence-electron chi connectivity index (χ0n) is 48.1. The Morgan fingerprint density at radius 1 is 0.459 bits per heavy atom. The van der Waals surface area contributed by atoms with Gasteiger partial charge in [-0.1, -0.05) is 276 Å². The summed E-state index contributed by atoms with van der Waals surface area (Å²) < 4.78 is 11.1. The lowest BCUT2D eigenvalue weighted by Crippen LogP contribution is -2.60. The number of carbonyl (C=O) groups is 1. The van der Waals surface area contributed by atoms with Crippen LogP contribution < -0.4 is 5.32 Å². The van der Waals surface area contributed by atoms with Crippen LogP contribution in [0, 0.1) is 0 Å². The molecule has 11 heteroatoms. The highest BCUT2D eigenvalue weighted by atomic mass is 16.7. The first kappa shape index (κ1) is 70.6. The summed E-state index contributed by atoms with van der Waals surface area (Å²) in [6.45, 7) is 3.46. The Kier molecular flexibility index (Phi) is 49.9. The summed E-state index contributed by atoms with van der Waals surface area (Å²) in [7, 11) is 0. The van der Waals surface area contributed by atoms with E-state index in [-0.39, 0.29) is 12.8 Å². The first-order chi connectivity index (χ1) is 36.2. The smallest absolute Gasteiger partial charge is 0.249 e. The van der Waals surface area contributed by atoms with Crippen molar-refractivity contribution in [2.24, 2.45) is 0 Å². The van der Waals surface area contributed by atoms with Crippen LogP contribution in [0.3, 0.4) is 0 Å². The van der Waals surface area contributed by atoms with Crippen molar-refractivity contribution in [1.29, 1.82) is 0 Å². The van der Waals surface area contributed by atoms with Gasteiger partial charge in [-0.15, -0.1) is 0 Å². The second-order valence-corrected chi connectivity index (χ2v) is 22.5. The second-order valence-electron chi connectivity index (χ2n) is 22.5. The number of aliphatic hydroxyl groups excluding tert-OH is 7. The highest BCUT2D eigenvalue weighted by Crippen LogP contribution is 2.24. The standard InChI is InChI=1S/C63H121NO10/c1-3-5-7-9-11-13-15-17-19-21-22-23-24-25-26-27-28-29-30-31-32-33-34-35-37-39-41-43-45-47-49-51-56(67)62(72)64-54(53-73-63-61(71)60(70)59(69)57(52-65)74-63)58(68)55(66)50-48-46-44-42-40-38-36-20-18-16-14-12-10-8-6-4-2/h20,36,42,44,54-61,63,65-71H,3-19,21-35,37-41,43,45-53H2,1-2H3,(H,64,72)/b36-20+,44-42+. The predicted octanol–water partition coefficient (Wildman–Crippen LogP) is 14.1. The summed E-state index contributed by atoms with van der Waals surface area (Å²) in [5.74, 6) is -0.705. The molecule has 0 bridgehead atoms. The van der Waals surface area contributed by atoms with Crippen LogP contribution in [0.1, 0.15) is 303 Å². The van der Waals surface area contributed by atoms with E-state index in [1.807, 2.05) is 0 Å². The van der Waals surface area contributed by atoms with Gasteiger partial charge in [0, 0.05) is 0 Å². The van der Waals surface area contributed by atoms with Gasteiger partial charge in [0.2, 0.25) is 5.91 Å². The zero-order chi connectivity index (χ0) is 54.0. The quantitative estimate of drug-likeness (QED) is 0.0215. The van der Waals surface area contributed by atoms with E-state index in [9.17, 15) is 40.5 Å². The molecule has 0 aromatic carbocycles. The SMILES string of the molecule is CCCCCCCCC/C=C/CC/C=C/CCCC(O)C(O)C(COC1OC(CO)C(O)C(O)C1O)NC(=O)C(O)CCCCCCCCCCCCCCCCCCCCCCCCCCCCCCCCC. The van der Waals surface area contributed by atoms with Crippen molar-refractivity contribution in [2.75, 3.05) is 13.2 Å². The van der Waals surface area contributed by atoms with E-state index in [2.05, 4.69) is 43.5 Å². The number of amides is 1. The Hall–Kier alpha value is -1.41. The highest BCUT2D eigenvalue weighted by molar-refractivity contribution is 5.80. The van der Waals surface area contributed by atoms with Crippen molar-refractivity contribution in [1.82, 2.24) is 5.32 Å². The Labute approximate surface area is 454 Å². The summed E-state index contributed by atoms with van der Waals surface area (Å²) in [6, 6.07) is -1.19. The van der Waals surface area contributed by atoms with Crippen molar-refractivity contribution < 1.29 is 50.0 Å². The molecule has 1 heterocycles. The fraction of sp³-hybridized carbons (Fsp3) is 0.921. The van der Waals surface area contributed by atoms with E-state index in [0.717, 1.165) is 38.5 Å². The number of allylic oxidation sites excluding steroid dienone is 4. The van der Waals surface area contributed by atoms with Gasteiger partial charge in [-0.3, -0.25) is 4.79 Å². The summed E-state index contributed by atoms with van der Waals surface area (Å²) in [6.07, 6.45) is 52.6. The number of nitrogens with one attached hydrogen (secondary N) is 1. The average molecular weight is 1050 g/mol. The second kappa shape index (κ2) is 52.3. The number of unbranched alkanes of at least 4 members (excludes halogenated alkanes) is 39. The lowest BCUT2D eigenvalue weighted by molar-refractivity contribution is -0.303. The predicted molar refractivity (Wildman–Crippen MR) is 307 cm³/mol. The Morgan fingerprint density at radius 3 is 1.20 bits per heavy atom. The molecule has 1 rings (SSSR count). The van der Waals surface area contributed by atoms with Crippen molar-refractivity contribution >= 4 is 5.91 Å². The molecule has 1 aliphatic rings. The maximum atomic E-state index is 13.2. The van der Waals surface area contributed by atoms with Gasteiger partial charge in [0.1, 0.15) is 36.6 Å². The lowest BCUT2D eigenvalue weighted by atomic mass is 9.98. The van der Waals surface area contributed by atoms with Gasteiger partial charge in [-0.05, 0) is 51.4 Å². The van der Waals surface area contributed by atoms with Crippen LogP contribution >= 0.6 is 0 Å². The molecule has 9 unspecified atom stereocenters. The fourth-order valence-electron chi connectivity index (χ4n) is 10.3. The van der Waals surface area contributed by atoms with Gasteiger partial charge in [-0.2, -0.15) is 0 Å². The van der Waals surface area contributed by atoms with E-state index >= 15 is 0 Å². The third-order valence-electron chi connectivity index (χ3n) is 15.5. The largest absolute Gasteiger partial charge is 0.394 e. The summed E-state index contributed by atoms with van der Waals surface area (Å²) >= 11 is 0. The molecule has 438 valence electrons. The molecule has 1 saturated heterocycles. The number of ether oxygens (including phenoxy) is 2. The summed E-state index contributed by atoms with van der Waals surface area (Å²) in [5.41, 5.74) is 0. The Morgan fingerprint density at radius 2 is 0.811 bits per heavy atom. The third kappa shape index (κ3) is 39.9. The van der Waals surface area contributed by atoms with Gasteiger partial charge in [0.15, 0.2) is 6.29 Å². The van der Waals surface area contributed by atoms with E-state index < -0.39 is 74.2 Å². The minimum atomic E-state index is -1.67. The fourth-order valence-corrected chi connectivity index (χ4v) is 10.3. The van der Waals surface area contributed by atoms with E-state index in [4.69, 9.17) is 9.47 Å². The maximum absolute atomic E-state index is 13.2. The first-order valence-electron chi connectivity index (χ1n) is 31.7. The molecule has 0 spiro atoms.